The van der Waals surface area contributed by atoms with Gasteiger partial charge in [-0.25, -0.2) is 19.2 Å². The number of aryl methyl sites for hydroxylation is 2. The van der Waals surface area contributed by atoms with E-state index in [1.54, 1.807) is 159 Å². The summed E-state index contributed by atoms with van der Waals surface area (Å²) >= 11 is 12.4. The molecule has 27 nitrogen and oxygen atoms in total. The molecule has 1 amide bonds. The van der Waals surface area contributed by atoms with Crippen molar-refractivity contribution in [2.45, 2.75) is 120 Å². The Morgan fingerprint density at radius 3 is 1.19 bits per heavy atom. The van der Waals surface area contributed by atoms with Gasteiger partial charge in [-0.05, 0) is 194 Å². The molecule has 13 rings (SSSR count). The van der Waals surface area contributed by atoms with Crippen molar-refractivity contribution in [1.82, 2.24) is 41.4 Å². The van der Waals surface area contributed by atoms with Crippen molar-refractivity contribution in [3.63, 3.8) is 0 Å². The Labute approximate surface area is 676 Å². The van der Waals surface area contributed by atoms with Gasteiger partial charge in [-0.1, -0.05) is 85.1 Å². The van der Waals surface area contributed by atoms with Gasteiger partial charge in [0.1, 0.15) is 35.3 Å². The molecular formula is C87H92Cl2N10O17. The van der Waals surface area contributed by atoms with Crippen LogP contribution >= 0.6 is 23.2 Å². The zero-order valence-electron chi connectivity index (χ0n) is 66.3. The lowest BCUT2D eigenvalue weighted by Gasteiger charge is -2.26. The number of aromatic nitrogens is 8. The van der Waals surface area contributed by atoms with Gasteiger partial charge in [0, 0.05) is 56.0 Å². The largest absolute Gasteiger partial charge is 0.495 e. The number of hydrogen-bond acceptors (Lipinski definition) is 18. The van der Waals surface area contributed by atoms with Crippen molar-refractivity contribution in [3.05, 3.63) is 285 Å². The van der Waals surface area contributed by atoms with Gasteiger partial charge in [0.05, 0.1) is 113 Å². The summed E-state index contributed by atoms with van der Waals surface area (Å²) in [5.41, 5.74) is 1.83. The molecule has 606 valence electrons. The first-order valence-corrected chi connectivity index (χ1v) is 38.9. The number of likely N-dealkylation sites (tertiary alicyclic amines) is 1. The molecule has 0 bridgehead atoms. The molecule has 0 spiro atoms. The molecule has 0 unspecified atom stereocenters. The zero-order chi connectivity index (χ0) is 83.6. The second-order valence-electron chi connectivity index (χ2n) is 27.2. The number of benzene rings is 8. The average molecular weight is 1620 g/mol. The minimum absolute atomic E-state index is 0.132. The number of anilines is 1. The number of ether oxygens (including phenoxy) is 5. The van der Waals surface area contributed by atoms with Gasteiger partial charge in [-0.2, -0.15) is 0 Å². The number of fused-ring (bicyclic) bond motifs is 4. The van der Waals surface area contributed by atoms with Crippen LogP contribution in [0.3, 0.4) is 0 Å². The molecule has 0 saturated carbocycles. The SMILES string of the molecule is CCCn1c(=O)c2ccccc2n(CC(=O)c2ccc(OCC)c(Cl)c2)c1=O.CCOc1ccc(C(=O)Cn2c(=O)n(C)c(=O)c3ccccc32)cc1C.CCOc1ccc(C(=O)Cn2c(=O)n(CC)c(=O)c3ccccc32)cc1C.COc1cc(OC)c(NC(=O)Cn2c(=O)n(CCN3CCCCC3)c(=O)c3ccccc32)cc1Cl. The molecule has 1 N–H and O–H groups in total. The maximum absolute atomic E-state index is 13.4. The van der Waals surface area contributed by atoms with E-state index in [0.29, 0.717) is 133 Å². The van der Waals surface area contributed by atoms with E-state index in [0.717, 1.165) is 57.7 Å². The first-order chi connectivity index (χ1) is 55.8. The molecule has 1 aliphatic rings. The molecular weight excluding hydrogens is 1530 g/mol. The van der Waals surface area contributed by atoms with Crippen molar-refractivity contribution >= 4 is 95.8 Å². The van der Waals surface area contributed by atoms with E-state index in [1.807, 2.05) is 41.5 Å². The van der Waals surface area contributed by atoms with Gasteiger partial charge < -0.3 is 33.9 Å². The maximum atomic E-state index is 13.4. The van der Waals surface area contributed by atoms with E-state index in [2.05, 4.69) is 10.2 Å². The highest BCUT2D eigenvalue weighted by atomic mass is 35.5. The molecule has 1 aliphatic heterocycles. The summed E-state index contributed by atoms with van der Waals surface area (Å²) in [6, 6.07) is 45.6. The van der Waals surface area contributed by atoms with E-state index in [-0.39, 0.29) is 78.9 Å². The molecule has 0 atom stereocenters. The van der Waals surface area contributed by atoms with Gasteiger partial charge in [-0.3, -0.25) is 74.9 Å². The van der Waals surface area contributed by atoms with Gasteiger partial charge >= 0.3 is 22.8 Å². The number of nitrogens with one attached hydrogen (secondary N) is 1. The molecule has 8 aromatic carbocycles. The number of hydrogen-bond donors (Lipinski definition) is 1. The maximum Gasteiger partial charge on any atom is 0.331 e. The Morgan fingerprint density at radius 1 is 0.388 bits per heavy atom. The van der Waals surface area contributed by atoms with Crippen molar-refractivity contribution < 1.29 is 42.9 Å². The summed E-state index contributed by atoms with van der Waals surface area (Å²) in [6.07, 6.45) is 4.08. The fourth-order valence-corrected chi connectivity index (χ4v) is 14.2. The predicted octanol–water partition coefficient (Wildman–Crippen LogP) is 11.5. The number of carbonyl (C=O) groups excluding carboxylic acids is 4. The molecule has 1 fully saturated rings. The first kappa shape index (κ1) is 86.0. The predicted molar refractivity (Wildman–Crippen MR) is 451 cm³/mol. The zero-order valence-corrected chi connectivity index (χ0v) is 67.8. The van der Waals surface area contributed by atoms with Crippen LogP contribution in [0.5, 0.6) is 28.7 Å². The van der Waals surface area contributed by atoms with Crippen molar-refractivity contribution in [3.8, 4) is 28.7 Å². The Bertz CT molecular complexity index is 6220. The van der Waals surface area contributed by atoms with E-state index < -0.39 is 28.7 Å². The van der Waals surface area contributed by atoms with Crippen molar-refractivity contribution in [2.24, 2.45) is 7.05 Å². The number of methoxy groups -OCH3 is 2. The van der Waals surface area contributed by atoms with Crippen LogP contribution in [0.15, 0.2) is 202 Å². The average Bonchev–Trinajstić information content (AvgIpc) is 0.781. The normalized spacial score (nSPS) is 11.9. The fourth-order valence-electron chi connectivity index (χ4n) is 13.7. The number of amides is 1. The second kappa shape index (κ2) is 39.5. The lowest BCUT2D eigenvalue weighted by Crippen LogP contribution is -2.44. The van der Waals surface area contributed by atoms with E-state index in [4.69, 9.17) is 46.9 Å². The van der Waals surface area contributed by atoms with Gasteiger partial charge in [-0.15, -0.1) is 0 Å². The highest BCUT2D eigenvalue weighted by Crippen LogP contribution is 2.36. The molecule has 0 aliphatic carbocycles. The number of piperidine rings is 1. The van der Waals surface area contributed by atoms with Crippen LogP contribution < -0.4 is 74.0 Å². The van der Waals surface area contributed by atoms with Crippen LogP contribution in [0.2, 0.25) is 10.0 Å². The Hall–Kier alpha value is -12.5. The number of nitrogens with zero attached hydrogens (tertiary/aromatic N) is 9. The minimum atomic E-state index is -0.513. The number of halogens is 2. The number of carbonyl (C=O) groups is 4. The molecule has 1 saturated heterocycles. The third kappa shape index (κ3) is 19.5. The summed E-state index contributed by atoms with van der Waals surface area (Å²) in [5.74, 6) is 1.59. The molecule has 12 aromatic rings. The first-order valence-electron chi connectivity index (χ1n) is 38.1. The second-order valence-corrected chi connectivity index (χ2v) is 28.0. The summed E-state index contributed by atoms with van der Waals surface area (Å²) in [5, 5.41) is 5.03. The third-order valence-electron chi connectivity index (χ3n) is 19.6. The third-order valence-corrected chi connectivity index (χ3v) is 20.2. The smallest absolute Gasteiger partial charge is 0.331 e. The highest BCUT2D eigenvalue weighted by molar-refractivity contribution is 6.33. The van der Waals surface area contributed by atoms with Crippen LogP contribution in [0.4, 0.5) is 5.69 Å². The lowest BCUT2D eigenvalue weighted by atomic mass is 10.1. The minimum Gasteiger partial charge on any atom is -0.495 e. The fraction of sp³-hybridized carbons (Fsp3) is 0.310. The van der Waals surface area contributed by atoms with Gasteiger partial charge in [0.2, 0.25) is 5.91 Å². The Balaban J connectivity index is 0.000000164. The van der Waals surface area contributed by atoms with E-state index in [1.165, 1.54) is 67.2 Å². The van der Waals surface area contributed by atoms with Crippen molar-refractivity contribution in [2.75, 3.05) is 59.0 Å². The summed E-state index contributed by atoms with van der Waals surface area (Å²) in [6.45, 7) is 17.2. The van der Waals surface area contributed by atoms with E-state index >= 15 is 0 Å². The molecule has 29 heteroatoms. The van der Waals surface area contributed by atoms with Crippen LogP contribution in [0, 0.1) is 13.8 Å². The van der Waals surface area contributed by atoms with Gasteiger partial charge in [0.15, 0.2) is 17.3 Å². The Morgan fingerprint density at radius 2 is 0.767 bits per heavy atom. The summed E-state index contributed by atoms with van der Waals surface area (Å²) in [7, 11) is 4.37. The highest BCUT2D eigenvalue weighted by Gasteiger charge is 2.23. The van der Waals surface area contributed by atoms with E-state index in [9.17, 15) is 57.5 Å². The molecule has 116 heavy (non-hydrogen) atoms. The topological polar surface area (TPSA) is 306 Å². The lowest BCUT2D eigenvalue weighted by molar-refractivity contribution is -0.116. The molecule has 4 aromatic heterocycles. The number of para-hydroxylation sites is 4. The van der Waals surface area contributed by atoms with Crippen LogP contribution in [-0.2, 0) is 57.7 Å². The van der Waals surface area contributed by atoms with Crippen LogP contribution in [0.1, 0.15) is 103 Å². The molecule has 5 heterocycles. The van der Waals surface area contributed by atoms with Crippen molar-refractivity contribution in [1.29, 1.82) is 0 Å². The number of rotatable bonds is 26. The Kier molecular flexibility index (Phi) is 29.3. The van der Waals surface area contributed by atoms with Crippen LogP contribution in [-0.4, -0.2) is 118 Å². The number of ketones is 3. The van der Waals surface area contributed by atoms with Crippen LogP contribution in [0.25, 0.3) is 43.6 Å². The quantitative estimate of drug-likeness (QED) is 0.0492. The monoisotopic (exact) mass is 1620 g/mol. The van der Waals surface area contributed by atoms with Gasteiger partial charge in [0.25, 0.3) is 22.2 Å². The molecule has 0 radical (unpaired) electrons. The summed E-state index contributed by atoms with van der Waals surface area (Å²) in [4.78, 5) is 156. The standard InChI is InChI=1S/C25H29ClN4O5.C21H21ClN2O4.C21H22N2O4.C20H20N2O4/c1-34-21-15-22(35-2)19(14-18(21)26)27-23(31)16-30-20-9-5-4-8-17(20)24(32)29(25(30)33)13-12-28-10-6-3-7-11-28;1-3-11-23-20(26)15-7-5-6-8-17(15)24(21(23)27)13-18(25)14-9-10-19(28-4-2)16(22)12-14;1-4-22-20(25)16-8-6-7-9-17(16)23(21(22)26)13-18(24)15-10-11-19(27-5-2)14(3)12-15;1-4-26-18-10-9-14(11-13(18)2)17(23)12-22-16-8-6-5-7-15(16)19(24)21(3)20(22)25/h4-5,8-9,14-15H,3,6-7,10-13,16H2,1-2H3,(H,27,31);5-10,12H,3-4,11,13H2,1-2H3;6-12H,4-5,13H2,1-3H3;5-11H,4,12H2,1-3H3. The number of Topliss-reactive ketones (excluding diaryl/α,β-unsaturated/α-hetero) is 3. The summed E-state index contributed by atoms with van der Waals surface area (Å²) < 4.78 is 36.9.